The molecule has 0 saturated heterocycles. The summed E-state index contributed by atoms with van der Waals surface area (Å²) >= 11 is 0. The molecule has 1 rings (SSSR count). The van der Waals surface area contributed by atoms with Crippen molar-refractivity contribution in [2.45, 2.75) is 19.3 Å². The zero-order chi connectivity index (χ0) is 8.97. The van der Waals surface area contributed by atoms with E-state index in [1.165, 1.54) is 6.07 Å². The van der Waals surface area contributed by atoms with Gasteiger partial charge in [-0.05, 0) is 24.0 Å². The second-order valence-electron chi connectivity index (χ2n) is 2.93. The summed E-state index contributed by atoms with van der Waals surface area (Å²) in [6, 6.07) is 6.69. The van der Waals surface area contributed by atoms with E-state index in [2.05, 4.69) is 0 Å². The molecule has 0 aliphatic carbocycles. The Morgan fingerprint density at radius 2 is 2.08 bits per heavy atom. The van der Waals surface area contributed by atoms with Gasteiger partial charge in [0.15, 0.2) is 0 Å². The molecule has 0 radical (unpaired) electrons. The SMILES string of the molecule is CC(CCO)c1ccccc1F. The molecule has 12 heavy (non-hydrogen) atoms. The maximum absolute atomic E-state index is 13.1. The summed E-state index contributed by atoms with van der Waals surface area (Å²) in [6.07, 6.45) is 0.612. The molecule has 0 aliphatic heterocycles. The quantitative estimate of drug-likeness (QED) is 0.734. The predicted octanol–water partition coefficient (Wildman–Crippen LogP) is 2.31. The average molecular weight is 168 g/mol. The highest BCUT2D eigenvalue weighted by Crippen LogP contribution is 2.20. The highest BCUT2D eigenvalue weighted by Gasteiger charge is 2.08. The molecule has 1 aromatic carbocycles. The van der Waals surface area contributed by atoms with E-state index in [1.807, 2.05) is 13.0 Å². The van der Waals surface area contributed by atoms with Crippen molar-refractivity contribution in [2.75, 3.05) is 6.61 Å². The van der Waals surface area contributed by atoms with E-state index in [4.69, 9.17) is 5.11 Å². The van der Waals surface area contributed by atoms with Gasteiger partial charge in [-0.1, -0.05) is 25.1 Å². The van der Waals surface area contributed by atoms with Gasteiger partial charge in [-0.25, -0.2) is 4.39 Å². The van der Waals surface area contributed by atoms with Crippen molar-refractivity contribution in [3.05, 3.63) is 35.6 Å². The standard InChI is InChI=1S/C10H13FO/c1-8(6-7-12)9-4-2-3-5-10(9)11/h2-5,8,12H,6-7H2,1H3. The molecule has 1 atom stereocenters. The minimum atomic E-state index is -0.182. The van der Waals surface area contributed by atoms with E-state index in [9.17, 15) is 4.39 Å². The minimum Gasteiger partial charge on any atom is -0.396 e. The molecule has 2 heteroatoms. The van der Waals surface area contributed by atoms with Crippen LogP contribution in [0.3, 0.4) is 0 Å². The molecule has 0 aromatic heterocycles. The van der Waals surface area contributed by atoms with Gasteiger partial charge in [-0.3, -0.25) is 0 Å². The van der Waals surface area contributed by atoms with E-state index in [-0.39, 0.29) is 18.3 Å². The summed E-state index contributed by atoms with van der Waals surface area (Å²) in [5.74, 6) is -0.0883. The molecule has 0 fully saturated rings. The first-order valence-electron chi connectivity index (χ1n) is 4.11. The zero-order valence-corrected chi connectivity index (χ0v) is 7.13. The molecular weight excluding hydrogens is 155 g/mol. The molecule has 66 valence electrons. The van der Waals surface area contributed by atoms with Crippen molar-refractivity contribution < 1.29 is 9.50 Å². The van der Waals surface area contributed by atoms with Crippen LogP contribution in [0.25, 0.3) is 0 Å². The Bertz CT molecular complexity index is 247. The molecular formula is C10H13FO. The van der Waals surface area contributed by atoms with Crippen LogP contribution in [0.2, 0.25) is 0 Å². The number of aliphatic hydroxyl groups excluding tert-OH is 1. The Labute approximate surface area is 71.9 Å². The van der Waals surface area contributed by atoms with Gasteiger partial charge in [0.2, 0.25) is 0 Å². The van der Waals surface area contributed by atoms with Gasteiger partial charge in [-0.2, -0.15) is 0 Å². The molecule has 1 aromatic rings. The topological polar surface area (TPSA) is 20.2 Å². The lowest BCUT2D eigenvalue weighted by molar-refractivity contribution is 0.277. The molecule has 0 saturated carbocycles. The fraction of sp³-hybridized carbons (Fsp3) is 0.400. The van der Waals surface area contributed by atoms with Crippen LogP contribution in [0.4, 0.5) is 4.39 Å². The number of aliphatic hydroxyl groups is 1. The van der Waals surface area contributed by atoms with Crippen LogP contribution in [0.5, 0.6) is 0 Å². The Morgan fingerprint density at radius 3 is 2.67 bits per heavy atom. The van der Waals surface area contributed by atoms with Crippen LogP contribution in [0.15, 0.2) is 24.3 Å². The van der Waals surface area contributed by atoms with Crippen LogP contribution in [0, 0.1) is 5.82 Å². The first-order chi connectivity index (χ1) is 5.75. The third kappa shape index (κ3) is 2.05. The largest absolute Gasteiger partial charge is 0.396 e. The summed E-state index contributed by atoms with van der Waals surface area (Å²) in [6.45, 7) is 2.02. The minimum absolute atomic E-state index is 0.0937. The van der Waals surface area contributed by atoms with Crippen LogP contribution in [0.1, 0.15) is 24.8 Å². The van der Waals surface area contributed by atoms with Crippen LogP contribution in [-0.4, -0.2) is 11.7 Å². The second-order valence-corrected chi connectivity index (χ2v) is 2.93. The first kappa shape index (κ1) is 9.20. The van der Waals surface area contributed by atoms with Gasteiger partial charge in [-0.15, -0.1) is 0 Å². The molecule has 1 nitrogen and oxygen atoms in total. The van der Waals surface area contributed by atoms with Crippen molar-refractivity contribution >= 4 is 0 Å². The summed E-state index contributed by atoms with van der Waals surface area (Å²) in [7, 11) is 0. The molecule has 1 unspecified atom stereocenters. The Kier molecular flexibility index (Phi) is 3.23. The Morgan fingerprint density at radius 1 is 1.42 bits per heavy atom. The first-order valence-corrected chi connectivity index (χ1v) is 4.11. The van der Waals surface area contributed by atoms with E-state index in [0.717, 1.165) is 0 Å². The van der Waals surface area contributed by atoms with Crippen molar-refractivity contribution in [2.24, 2.45) is 0 Å². The van der Waals surface area contributed by atoms with E-state index in [1.54, 1.807) is 12.1 Å². The zero-order valence-electron chi connectivity index (χ0n) is 7.13. The lowest BCUT2D eigenvalue weighted by Crippen LogP contribution is -1.99. The van der Waals surface area contributed by atoms with Crippen molar-refractivity contribution in [3.63, 3.8) is 0 Å². The van der Waals surface area contributed by atoms with Crippen molar-refractivity contribution in [3.8, 4) is 0 Å². The normalized spacial score (nSPS) is 12.9. The summed E-state index contributed by atoms with van der Waals surface area (Å²) < 4.78 is 13.1. The van der Waals surface area contributed by atoms with Gasteiger partial charge in [0.05, 0.1) is 0 Å². The number of benzene rings is 1. The lowest BCUT2D eigenvalue weighted by atomic mass is 9.98. The lowest BCUT2D eigenvalue weighted by Gasteiger charge is -2.10. The van der Waals surface area contributed by atoms with Gasteiger partial charge in [0, 0.05) is 6.61 Å². The number of halogens is 1. The maximum Gasteiger partial charge on any atom is 0.126 e. The summed E-state index contributed by atoms with van der Waals surface area (Å²) in [5.41, 5.74) is 0.687. The molecule has 0 bridgehead atoms. The Hall–Kier alpha value is -0.890. The second kappa shape index (κ2) is 4.21. The third-order valence-corrected chi connectivity index (χ3v) is 2.00. The number of hydrogen-bond acceptors (Lipinski definition) is 1. The van der Waals surface area contributed by atoms with E-state index >= 15 is 0 Å². The monoisotopic (exact) mass is 168 g/mol. The van der Waals surface area contributed by atoms with Gasteiger partial charge in [0.1, 0.15) is 5.82 Å². The highest BCUT2D eigenvalue weighted by molar-refractivity contribution is 5.20. The van der Waals surface area contributed by atoms with Crippen molar-refractivity contribution in [1.82, 2.24) is 0 Å². The van der Waals surface area contributed by atoms with E-state index in [0.29, 0.717) is 12.0 Å². The van der Waals surface area contributed by atoms with Crippen molar-refractivity contribution in [1.29, 1.82) is 0 Å². The van der Waals surface area contributed by atoms with Gasteiger partial charge in [0.25, 0.3) is 0 Å². The smallest absolute Gasteiger partial charge is 0.126 e. The molecule has 0 spiro atoms. The average Bonchev–Trinajstić information content (AvgIpc) is 2.05. The van der Waals surface area contributed by atoms with Gasteiger partial charge < -0.3 is 5.11 Å². The van der Waals surface area contributed by atoms with Crippen LogP contribution < -0.4 is 0 Å². The number of rotatable bonds is 3. The van der Waals surface area contributed by atoms with Crippen LogP contribution in [-0.2, 0) is 0 Å². The molecule has 0 aliphatic rings. The number of hydrogen-bond donors (Lipinski definition) is 1. The molecule has 0 heterocycles. The summed E-state index contributed by atoms with van der Waals surface area (Å²) in [5, 5.41) is 8.67. The molecule has 1 N–H and O–H groups in total. The molecule has 0 amide bonds. The fourth-order valence-corrected chi connectivity index (χ4v) is 1.22. The van der Waals surface area contributed by atoms with E-state index < -0.39 is 0 Å². The third-order valence-electron chi connectivity index (χ3n) is 2.00. The maximum atomic E-state index is 13.1. The van der Waals surface area contributed by atoms with Gasteiger partial charge >= 0.3 is 0 Å². The predicted molar refractivity (Wildman–Crippen MR) is 46.5 cm³/mol. The fourth-order valence-electron chi connectivity index (χ4n) is 1.22. The highest BCUT2D eigenvalue weighted by atomic mass is 19.1. The summed E-state index contributed by atoms with van der Waals surface area (Å²) in [4.78, 5) is 0. The Balaban J connectivity index is 2.79. The van der Waals surface area contributed by atoms with Crippen LogP contribution >= 0.6 is 0 Å².